The summed E-state index contributed by atoms with van der Waals surface area (Å²) in [6.07, 6.45) is 5.32. The van der Waals surface area contributed by atoms with E-state index in [1.54, 1.807) is 6.92 Å². The second kappa shape index (κ2) is 2.72. The average molecular weight is 221 g/mol. The first-order valence-corrected chi connectivity index (χ1v) is 6.59. The third-order valence-electron chi connectivity index (χ3n) is 6.52. The molecule has 0 aromatic carbocycles. The van der Waals surface area contributed by atoms with Crippen molar-refractivity contribution in [3.05, 3.63) is 0 Å². The lowest BCUT2D eigenvalue weighted by molar-refractivity contribution is -0.120. The fraction of sp³-hybridized carbons (Fsp3) is 0.929. The van der Waals surface area contributed by atoms with Crippen LogP contribution in [0.3, 0.4) is 0 Å². The molecular formula is C14H23NO. The van der Waals surface area contributed by atoms with Gasteiger partial charge in [0, 0.05) is 6.54 Å². The normalized spacial score (nSPS) is 43.6. The smallest absolute Gasteiger partial charge is 0.146 e. The van der Waals surface area contributed by atoms with Crippen molar-refractivity contribution < 1.29 is 4.79 Å². The van der Waals surface area contributed by atoms with Gasteiger partial charge in [0.15, 0.2) is 0 Å². The van der Waals surface area contributed by atoms with Crippen LogP contribution in [-0.2, 0) is 4.79 Å². The summed E-state index contributed by atoms with van der Waals surface area (Å²) in [6.45, 7) is 7.76. The molecule has 3 fully saturated rings. The van der Waals surface area contributed by atoms with Crippen LogP contribution in [0.1, 0.15) is 46.5 Å². The van der Waals surface area contributed by atoms with Crippen molar-refractivity contribution in [2.45, 2.75) is 52.5 Å². The van der Waals surface area contributed by atoms with Crippen LogP contribution in [0.15, 0.2) is 0 Å². The van der Waals surface area contributed by atoms with Gasteiger partial charge in [-0.05, 0) is 49.5 Å². The molecule has 2 aliphatic carbocycles. The molecule has 2 saturated carbocycles. The predicted octanol–water partition coefficient (Wildman–Crippen LogP) is 2.48. The molecule has 2 atom stereocenters. The Morgan fingerprint density at radius 2 is 1.88 bits per heavy atom. The molecule has 0 bridgehead atoms. The Bertz CT molecular complexity index is 356. The zero-order chi connectivity index (χ0) is 11.8. The number of hydrogen-bond donors (Lipinski definition) is 0. The maximum absolute atomic E-state index is 11.7. The predicted molar refractivity (Wildman–Crippen MR) is 64.2 cm³/mol. The molecule has 1 heterocycles. The Kier molecular flexibility index (Phi) is 1.83. The molecule has 3 aliphatic rings. The Labute approximate surface area is 98.4 Å². The number of likely N-dealkylation sites (tertiary alicyclic amines) is 1. The summed E-state index contributed by atoms with van der Waals surface area (Å²) < 4.78 is 0. The van der Waals surface area contributed by atoms with Crippen molar-refractivity contribution in [1.82, 2.24) is 4.90 Å². The highest BCUT2D eigenvalue weighted by Crippen LogP contribution is 2.88. The minimum Gasteiger partial charge on any atom is -0.298 e. The highest BCUT2D eigenvalue weighted by molar-refractivity contribution is 5.82. The van der Waals surface area contributed by atoms with Crippen LogP contribution < -0.4 is 0 Å². The van der Waals surface area contributed by atoms with Crippen molar-refractivity contribution >= 4 is 5.78 Å². The van der Waals surface area contributed by atoms with Gasteiger partial charge in [-0.1, -0.05) is 20.3 Å². The summed E-state index contributed by atoms with van der Waals surface area (Å²) in [4.78, 5) is 14.0. The average Bonchev–Trinajstić information content (AvgIpc) is 2.38. The molecule has 0 N–H and O–H groups in total. The Morgan fingerprint density at radius 1 is 1.25 bits per heavy atom. The van der Waals surface area contributed by atoms with Gasteiger partial charge >= 0.3 is 0 Å². The molecule has 2 heteroatoms. The van der Waals surface area contributed by atoms with Crippen LogP contribution in [-0.4, -0.2) is 30.3 Å². The van der Waals surface area contributed by atoms with E-state index in [1.807, 2.05) is 0 Å². The highest BCUT2D eigenvalue weighted by Gasteiger charge is 2.84. The molecule has 0 aromatic heterocycles. The largest absolute Gasteiger partial charge is 0.298 e. The summed E-state index contributed by atoms with van der Waals surface area (Å²) in [5, 5.41) is 0. The molecule has 0 amide bonds. The van der Waals surface area contributed by atoms with E-state index in [1.165, 1.54) is 19.3 Å². The lowest BCUT2D eigenvalue weighted by atomic mass is 9.73. The third-order valence-corrected chi connectivity index (χ3v) is 6.52. The number of carbonyl (C=O) groups excluding carboxylic acids is 1. The van der Waals surface area contributed by atoms with Gasteiger partial charge in [0.1, 0.15) is 5.78 Å². The van der Waals surface area contributed by atoms with E-state index in [2.05, 4.69) is 25.8 Å². The summed E-state index contributed by atoms with van der Waals surface area (Å²) in [5.41, 5.74) is 1.53. The Balaban J connectivity index is 1.91. The summed E-state index contributed by atoms with van der Waals surface area (Å²) >= 11 is 0. The maximum Gasteiger partial charge on any atom is 0.146 e. The van der Waals surface area contributed by atoms with Gasteiger partial charge in [-0.15, -0.1) is 0 Å². The minimum absolute atomic E-state index is 0.194. The molecular weight excluding hydrogens is 198 g/mol. The molecule has 2 unspecified atom stereocenters. The number of rotatable bonds is 1. The first-order valence-electron chi connectivity index (χ1n) is 6.59. The molecule has 0 radical (unpaired) electrons. The second-order valence-corrected chi connectivity index (χ2v) is 6.89. The fourth-order valence-corrected chi connectivity index (χ4v) is 5.23. The molecule has 1 aliphatic heterocycles. The molecule has 3 rings (SSSR count). The first-order chi connectivity index (χ1) is 7.38. The summed E-state index contributed by atoms with van der Waals surface area (Å²) in [6, 6.07) is 0.194. The Hall–Kier alpha value is -0.370. The lowest BCUT2D eigenvalue weighted by Crippen LogP contribution is -2.31. The van der Waals surface area contributed by atoms with E-state index in [0.29, 0.717) is 22.0 Å². The van der Waals surface area contributed by atoms with E-state index in [0.717, 1.165) is 13.0 Å². The zero-order valence-corrected chi connectivity index (χ0v) is 11.0. The number of likely N-dealkylation sites (N-methyl/N-ethyl adjacent to an activating group) is 1. The molecule has 0 aromatic rings. The lowest BCUT2D eigenvalue weighted by Gasteiger charge is -2.32. The quantitative estimate of drug-likeness (QED) is 0.678. The molecule has 16 heavy (non-hydrogen) atoms. The van der Waals surface area contributed by atoms with Crippen molar-refractivity contribution in [3.8, 4) is 0 Å². The SMILES string of the molecule is CC(=O)C1CC2(CN1C)C(C)(C)C21CCC1. The van der Waals surface area contributed by atoms with E-state index >= 15 is 0 Å². The van der Waals surface area contributed by atoms with Gasteiger partial charge in [0.05, 0.1) is 6.04 Å². The monoisotopic (exact) mass is 221 g/mol. The van der Waals surface area contributed by atoms with Gasteiger partial charge in [-0.2, -0.15) is 0 Å². The van der Waals surface area contributed by atoms with Gasteiger partial charge < -0.3 is 0 Å². The number of Topliss-reactive ketones (excluding diaryl/α,β-unsaturated/α-hetero) is 1. The van der Waals surface area contributed by atoms with Crippen molar-refractivity contribution in [2.24, 2.45) is 16.2 Å². The molecule has 2 nitrogen and oxygen atoms in total. The minimum atomic E-state index is 0.194. The number of fused-ring (bicyclic) bond motifs is 1. The van der Waals surface area contributed by atoms with Gasteiger partial charge in [0.2, 0.25) is 0 Å². The molecule has 2 spiro atoms. The van der Waals surface area contributed by atoms with Gasteiger partial charge in [0.25, 0.3) is 0 Å². The van der Waals surface area contributed by atoms with Crippen molar-refractivity contribution in [3.63, 3.8) is 0 Å². The summed E-state index contributed by atoms with van der Waals surface area (Å²) in [7, 11) is 2.13. The van der Waals surface area contributed by atoms with Crippen LogP contribution in [0, 0.1) is 16.2 Å². The zero-order valence-electron chi connectivity index (χ0n) is 11.0. The summed E-state index contributed by atoms with van der Waals surface area (Å²) in [5.74, 6) is 0.358. The van der Waals surface area contributed by atoms with E-state index in [4.69, 9.17) is 0 Å². The van der Waals surface area contributed by atoms with Crippen LogP contribution in [0.2, 0.25) is 0 Å². The number of ketones is 1. The standard InChI is InChI=1S/C14H23NO/c1-10(16)11-8-14(9-15(11)4)12(2,3)13(14)6-5-7-13/h11H,5-9H2,1-4H3. The van der Waals surface area contributed by atoms with Gasteiger partial charge in [-0.3, -0.25) is 9.69 Å². The fourth-order valence-electron chi connectivity index (χ4n) is 5.23. The number of hydrogen-bond acceptors (Lipinski definition) is 2. The van der Waals surface area contributed by atoms with Crippen molar-refractivity contribution in [1.29, 1.82) is 0 Å². The van der Waals surface area contributed by atoms with E-state index in [9.17, 15) is 4.79 Å². The Morgan fingerprint density at radius 3 is 2.19 bits per heavy atom. The van der Waals surface area contributed by atoms with Gasteiger partial charge in [-0.25, -0.2) is 0 Å². The van der Waals surface area contributed by atoms with Crippen LogP contribution >= 0.6 is 0 Å². The van der Waals surface area contributed by atoms with Crippen LogP contribution in [0.4, 0.5) is 0 Å². The van der Waals surface area contributed by atoms with Crippen molar-refractivity contribution in [2.75, 3.05) is 13.6 Å². The first kappa shape index (κ1) is 10.8. The second-order valence-electron chi connectivity index (χ2n) is 6.89. The van der Waals surface area contributed by atoms with Crippen LogP contribution in [0.5, 0.6) is 0 Å². The van der Waals surface area contributed by atoms with E-state index in [-0.39, 0.29) is 6.04 Å². The molecule has 1 saturated heterocycles. The van der Waals surface area contributed by atoms with Crippen LogP contribution in [0.25, 0.3) is 0 Å². The highest BCUT2D eigenvalue weighted by atomic mass is 16.1. The topological polar surface area (TPSA) is 20.3 Å². The maximum atomic E-state index is 11.7. The number of carbonyl (C=O) groups is 1. The number of nitrogens with zero attached hydrogens (tertiary/aromatic N) is 1. The third kappa shape index (κ3) is 0.848. The van der Waals surface area contributed by atoms with E-state index < -0.39 is 0 Å². The molecule has 90 valence electrons.